The number of para-hydroxylation sites is 2. The van der Waals surface area contributed by atoms with Gasteiger partial charge in [0.1, 0.15) is 5.82 Å². The molecule has 0 aromatic heterocycles. The van der Waals surface area contributed by atoms with Crippen LogP contribution in [0.3, 0.4) is 0 Å². The van der Waals surface area contributed by atoms with E-state index in [0.717, 1.165) is 50.0 Å². The van der Waals surface area contributed by atoms with Gasteiger partial charge in [-0.3, -0.25) is 0 Å². The van der Waals surface area contributed by atoms with E-state index < -0.39 is 8.07 Å². The van der Waals surface area contributed by atoms with Crippen molar-refractivity contribution in [2.75, 3.05) is 9.80 Å². The summed E-state index contributed by atoms with van der Waals surface area (Å²) in [4.78, 5) is 4.50. The molecule has 8 aromatic rings. The van der Waals surface area contributed by atoms with Crippen LogP contribution in [-0.4, -0.2) is 8.07 Å². The molecule has 264 valence electrons. The van der Waals surface area contributed by atoms with Crippen molar-refractivity contribution in [2.45, 2.75) is 38.9 Å². The number of nitrogens with zero attached hydrogens (tertiary/aromatic N) is 2. The van der Waals surface area contributed by atoms with Crippen LogP contribution in [0.1, 0.15) is 25.0 Å². The molecule has 0 radical (unpaired) electrons. The van der Waals surface area contributed by atoms with Crippen LogP contribution in [-0.2, 0) is 5.41 Å². The molecule has 9 rings (SSSR count). The molecule has 54 heavy (non-hydrogen) atoms. The van der Waals surface area contributed by atoms with E-state index in [1.54, 1.807) is 12.1 Å². The highest BCUT2D eigenvalue weighted by Crippen LogP contribution is 2.56. The van der Waals surface area contributed by atoms with Gasteiger partial charge in [0.2, 0.25) is 0 Å². The normalized spacial score (nSPS) is 13.1. The maximum Gasteiger partial charge on any atom is 0.147 e. The number of halogens is 1. The first-order valence-corrected chi connectivity index (χ1v) is 22.3. The molecule has 0 atom stereocenters. The fraction of sp³-hybridized carbons (Fsp3) is 0.120. The average molecular weight is 719 g/mol. The Morgan fingerprint density at radius 1 is 0.463 bits per heavy atom. The Morgan fingerprint density at radius 2 is 1.06 bits per heavy atom. The van der Waals surface area contributed by atoms with Crippen molar-refractivity contribution in [3.63, 3.8) is 0 Å². The molecular weight excluding hydrogens is 676 g/mol. The van der Waals surface area contributed by atoms with Crippen LogP contribution in [0.15, 0.2) is 170 Å². The molecule has 0 saturated heterocycles. The maximum atomic E-state index is 16.1. The first kappa shape index (κ1) is 33.8. The van der Waals surface area contributed by atoms with Crippen LogP contribution >= 0.6 is 0 Å². The number of fused-ring (bicyclic) bond motifs is 6. The van der Waals surface area contributed by atoms with Crippen LogP contribution in [0.2, 0.25) is 19.6 Å². The van der Waals surface area contributed by atoms with Gasteiger partial charge in [-0.25, -0.2) is 4.39 Å². The Kier molecular flexibility index (Phi) is 8.06. The summed E-state index contributed by atoms with van der Waals surface area (Å²) < 4.78 is 16.1. The number of rotatable bonds is 7. The first-order chi connectivity index (χ1) is 26.1. The van der Waals surface area contributed by atoms with Crippen molar-refractivity contribution >= 4 is 68.9 Å². The van der Waals surface area contributed by atoms with Crippen LogP contribution in [0, 0.1) is 5.82 Å². The maximum absolute atomic E-state index is 16.1. The third-order valence-electron chi connectivity index (χ3n) is 11.2. The van der Waals surface area contributed by atoms with E-state index in [1.807, 2.05) is 12.1 Å². The van der Waals surface area contributed by atoms with Gasteiger partial charge in [0.05, 0.1) is 25.1 Å². The Labute approximate surface area is 318 Å². The van der Waals surface area contributed by atoms with E-state index in [2.05, 4.69) is 189 Å². The highest BCUT2D eigenvalue weighted by atomic mass is 28.3. The second-order valence-corrected chi connectivity index (χ2v) is 21.0. The van der Waals surface area contributed by atoms with Gasteiger partial charge in [0, 0.05) is 33.2 Å². The molecule has 1 aliphatic carbocycles. The second-order valence-electron chi connectivity index (χ2n) is 16.0. The number of benzene rings is 8. The molecule has 0 amide bonds. The van der Waals surface area contributed by atoms with Gasteiger partial charge in [0.15, 0.2) is 0 Å². The van der Waals surface area contributed by atoms with Crippen molar-refractivity contribution in [1.29, 1.82) is 0 Å². The minimum atomic E-state index is -1.46. The molecule has 0 unspecified atom stereocenters. The standard InChI is InChI=1S/C50H43FN2Si/c1-50(2)43-32-37(52(35-18-7-6-8-19-35)36-26-29-38(30-27-36)54(3,4)5)28-31-42(43)49-41-22-12-11-21-40(41)48(33-44(49)50)53(47-24-14-13-23-45(47)51)46-25-15-17-34-16-9-10-20-39(34)46/h6-33H,1-5H3. The molecular formula is C50H43FN2Si. The van der Waals surface area contributed by atoms with Gasteiger partial charge in [-0.1, -0.05) is 148 Å². The zero-order valence-corrected chi connectivity index (χ0v) is 32.4. The van der Waals surface area contributed by atoms with Crippen molar-refractivity contribution in [3.8, 4) is 11.1 Å². The summed E-state index contributed by atoms with van der Waals surface area (Å²) in [5.41, 5.74) is 10.5. The second kappa shape index (κ2) is 12.9. The first-order valence-electron chi connectivity index (χ1n) is 18.8. The summed E-state index contributed by atoms with van der Waals surface area (Å²) in [5, 5.41) is 5.86. The molecule has 8 aromatic carbocycles. The van der Waals surface area contributed by atoms with Gasteiger partial charge in [-0.2, -0.15) is 0 Å². The Hall–Kier alpha value is -5.97. The Morgan fingerprint density at radius 3 is 1.80 bits per heavy atom. The van der Waals surface area contributed by atoms with Crippen molar-refractivity contribution in [2.24, 2.45) is 0 Å². The number of anilines is 6. The molecule has 0 fully saturated rings. The van der Waals surface area contributed by atoms with E-state index in [0.29, 0.717) is 5.69 Å². The summed E-state index contributed by atoms with van der Waals surface area (Å²) >= 11 is 0. The summed E-state index contributed by atoms with van der Waals surface area (Å²) in [5.74, 6) is -0.263. The van der Waals surface area contributed by atoms with Crippen molar-refractivity contribution < 1.29 is 4.39 Å². The smallest absolute Gasteiger partial charge is 0.147 e. The van der Waals surface area contributed by atoms with Gasteiger partial charge in [-0.15, -0.1) is 0 Å². The van der Waals surface area contributed by atoms with Crippen molar-refractivity contribution in [3.05, 3.63) is 187 Å². The molecule has 0 N–H and O–H groups in total. The van der Waals surface area contributed by atoms with Crippen LogP contribution in [0.25, 0.3) is 32.7 Å². The largest absolute Gasteiger partial charge is 0.310 e. The summed E-state index contributed by atoms with van der Waals surface area (Å²) in [6, 6.07) is 59.6. The summed E-state index contributed by atoms with van der Waals surface area (Å²) in [6.07, 6.45) is 0. The summed E-state index contributed by atoms with van der Waals surface area (Å²) in [7, 11) is -1.46. The monoisotopic (exact) mass is 718 g/mol. The van der Waals surface area contributed by atoms with Crippen LogP contribution < -0.4 is 15.0 Å². The van der Waals surface area contributed by atoms with Gasteiger partial charge < -0.3 is 9.80 Å². The molecule has 0 bridgehead atoms. The third-order valence-corrected chi connectivity index (χ3v) is 13.3. The molecule has 1 aliphatic rings. The van der Waals surface area contributed by atoms with E-state index in [-0.39, 0.29) is 11.2 Å². The molecule has 0 saturated carbocycles. The van der Waals surface area contributed by atoms with E-state index in [1.165, 1.54) is 27.4 Å². The van der Waals surface area contributed by atoms with E-state index in [9.17, 15) is 0 Å². The highest BCUT2D eigenvalue weighted by molar-refractivity contribution is 6.88. The number of hydrogen-bond acceptors (Lipinski definition) is 2. The predicted molar refractivity (Wildman–Crippen MR) is 231 cm³/mol. The zero-order valence-electron chi connectivity index (χ0n) is 31.4. The van der Waals surface area contributed by atoms with Crippen LogP contribution in [0.5, 0.6) is 0 Å². The Balaban J connectivity index is 1.26. The zero-order chi connectivity index (χ0) is 37.2. The minimum absolute atomic E-state index is 0.263. The fourth-order valence-electron chi connectivity index (χ4n) is 8.44. The van der Waals surface area contributed by atoms with Gasteiger partial charge >= 0.3 is 0 Å². The van der Waals surface area contributed by atoms with Gasteiger partial charge in [-0.05, 0) is 93.7 Å². The fourth-order valence-corrected chi connectivity index (χ4v) is 9.60. The molecule has 0 heterocycles. The van der Waals surface area contributed by atoms with E-state index >= 15 is 4.39 Å². The third kappa shape index (κ3) is 5.52. The average Bonchev–Trinajstić information content (AvgIpc) is 3.41. The van der Waals surface area contributed by atoms with Crippen LogP contribution in [0.4, 0.5) is 38.5 Å². The molecule has 4 heteroatoms. The minimum Gasteiger partial charge on any atom is -0.310 e. The topological polar surface area (TPSA) is 6.48 Å². The highest BCUT2D eigenvalue weighted by Gasteiger charge is 2.39. The van der Waals surface area contributed by atoms with Gasteiger partial charge in [0.25, 0.3) is 0 Å². The SMILES string of the molecule is CC1(C)c2cc(N(c3ccccc3)c3ccc([Si](C)(C)C)cc3)ccc2-c2c1cc(N(c1ccccc1F)c1cccc3ccccc13)c1ccccc21. The lowest BCUT2D eigenvalue weighted by molar-refractivity contribution is 0.629. The predicted octanol–water partition coefficient (Wildman–Crippen LogP) is 13.9. The number of hydrogen-bond donors (Lipinski definition) is 0. The lowest BCUT2D eigenvalue weighted by atomic mass is 9.81. The Bertz CT molecular complexity index is 2690. The van der Waals surface area contributed by atoms with E-state index in [4.69, 9.17) is 0 Å². The van der Waals surface area contributed by atoms with Crippen molar-refractivity contribution in [1.82, 2.24) is 0 Å². The quantitative estimate of drug-likeness (QED) is 0.151. The lowest BCUT2D eigenvalue weighted by Crippen LogP contribution is -2.37. The molecule has 0 aliphatic heterocycles. The summed E-state index contributed by atoms with van der Waals surface area (Å²) in [6.45, 7) is 11.8. The lowest BCUT2D eigenvalue weighted by Gasteiger charge is -2.31. The molecule has 0 spiro atoms. The molecule has 2 nitrogen and oxygen atoms in total.